The molecule has 1 aliphatic heterocycles. The number of nitrogens with zero attached hydrogens (tertiary/aromatic N) is 1. The normalized spacial score (nSPS) is 15.8. The Morgan fingerprint density at radius 3 is 2.31 bits per heavy atom. The van der Waals surface area contributed by atoms with Crippen molar-refractivity contribution in [1.82, 2.24) is 4.31 Å². The number of amides is 1. The molecule has 1 heterocycles. The molecule has 1 aliphatic rings. The number of ether oxygens (including phenoxy) is 1. The van der Waals surface area contributed by atoms with E-state index in [2.05, 4.69) is 5.32 Å². The van der Waals surface area contributed by atoms with Gasteiger partial charge in [0.25, 0.3) is 5.91 Å². The topological polar surface area (TPSA) is 80.2 Å². The van der Waals surface area contributed by atoms with Gasteiger partial charge in [0.05, 0.1) is 37.7 Å². The van der Waals surface area contributed by atoms with Gasteiger partial charge in [-0.05, 0) is 55.5 Å². The van der Waals surface area contributed by atoms with E-state index in [1.54, 1.807) is 24.3 Å². The average Bonchev–Trinajstić information content (AvgIpc) is 2.70. The molecule has 29 heavy (non-hydrogen) atoms. The molecule has 0 radical (unpaired) electrons. The van der Waals surface area contributed by atoms with E-state index < -0.39 is 15.8 Å². The van der Waals surface area contributed by atoms with Gasteiger partial charge in [-0.2, -0.15) is 4.31 Å². The van der Waals surface area contributed by atoms with E-state index in [-0.39, 0.29) is 17.3 Å². The number of rotatable bonds is 7. The summed E-state index contributed by atoms with van der Waals surface area (Å²) in [6, 6.07) is 12.0. The van der Waals surface area contributed by atoms with Crippen molar-refractivity contribution >= 4 is 21.6 Å². The summed E-state index contributed by atoms with van der Waals surface area (Å²) in [5, 5.41) is 2.85. The van der Waals surface area contributed by atoms with Gasteiger partial charge in [-0.3, -0.25) is 4.79 Å². The molecule has 0 aliphatic carbocycles. The molecule has 2 aromatic rings. The lowest BCUT2D eigenvalue weighted by Crippen LogP contribution is -3.15. The largest absolute Gasteiger partial charge is 0.494 e. The number of quaternary nitrogens is 1. The molecule has 0 spiro atoms. The molecule has 2 N–H and O–H groups in total. The maximum absolute atomic E-state index is 13.0. The number of anilines is 1. The minimum absolute atomic E-state index is 0.0793. The molecular formula is C20H25FN3O4S+. The molecule has 1 amide bonds. The molecule has 9 heteroatoms. The highest BCUT2D eigenvalue weighted by Gasteiger charge is 2.31. The molecule has 1 fully saturated rings. The maximum atomic E-state index is 13.0. The van der Waals surface area contributed by atoms with E-state index >= 15 is 0 Å². The smallest absolute Gasteiger partial charge is 0.279 e. The van der Waals surface area contributed by atoms with Gasteiger partial charge >= 0.3 is 0 Å². The van der Waals surface area contributed by atoms with Crippen LogP contribution in [0.15, 0.2) is 53.4 Å². The summed E-state index contributed by atoms with van der Waals surface area (Å²) in [6.45, 7) is 4.42. The Bertz CT molecular complexity index is 925. The lowest BCUT2D eigenvalue weighted by Gasteiger charge is -2.31. The minimum Gasteiger partial charge on any atom is -0.494 e. The van der Waals surface area contributed by atoms with Gasteiger partial charge in [-0.25, -0.2) is 12.8 Å². The molecule has 0 atom stereocenters. The van der Waals surface area contributed by atoms with E-state index in [4.69, 9.17) is 4.74 Å². The van der Waals surface area contributed by atoms with E-state index in [0.29, 0.717) is 38.5 Å². The fraction of sp³-hybridized carbons (Fsp3) is 0.350. The van der Waals surface area contributed by atoms with Crippen molar-refractivity contribution in [2.24, 2.45) is 0 Å². The summed E-state index contributed by atoms with van der Waals surface area (Å²) in [5.41, 5.74) is 0.690. The summed E-state index contributed by atoms with van der Waals surface area (Å²) in [5.74, 6) is 0.144. The highest BCUT2D eigenvalue weighted by molar-refractivity contribution is 7.89. The van der Waals surface area contributed by atoms with E-state index in [0.717, 1.165) is 22.8 Å². The van der Waals surface area contributed by atoms with Crippen LogP contribution in [-0.2, 0) is 14.8 Å². The van der Waals surface area contributed by atoms with E-state index in [1.807, 2.05) is 6.92 Å². The quantitative estimate of drug-likeness (QED) is 0.690. The number of halogens is 1. The van der Waals surface area contributed by atoms with E-state index in [1.165, 1.54) is 16.4 Å². The molecule has 0 unspecified atom stereocenters. The molecule has 2 aromatic carbocycles. The van der Waals surface area contributed by atoms with Crippen LogP contribution in [0.4, 0.5) is 10.1 Å². The first-order valence-electron chi connectivity index (χ1n) is 9.50. The van der Waals surface area contributed by atoms with E-state index in [9.17, 15) is 17.6 Å². The van der Waals surface area contributed by atoms with Crippen LogP contribution in [0.1, 0.15) is 6.92 Å². The van der Waals surface area contributed by atoms with Crippen LogP contribution in [0.3, 0.4) is 0 Å². The maximum Gasteiger partial charge on any atom is 0.279 e. The molecule has 0 bridgehead atoms. The summed E-state index contributed by atoms with van der Waals surface area (Å²) in [4.78, 5) is 13.4. The number of benzene rings is 2. The van der Waals surface area contributed by atoms with Gasteiger partial charge in [0, 0.05) is 5.69 Å². The van der Waals surface area contributed by atoms with Crippen molar-refractivity contribution in [1.29, 1.82) is 0 Å². The first-order valence-corrected chi connectivity index (χ1v) is 10.9. The summed E-state index contributed by atoms with van der Waals surface area (Å²) >= 11 is 0. The van der Waals surface area contributed by atoms with Gasteiger partial charge in [-0.15, -0.1) is 0 Å². The van der Waals surface area contributed by atoms with Crippen LogP contribution in [0.2, 0.25) is 0 Å². The van der Waals surface area contributed by atoms with Crippen LogP contribution < -0.4 is 15.0 Å². The standard InChI is InChI=1S/C20H24FN3O4S/c1-2-28-18-7-5-17(6-8-18)22-20(25)15-23-11-13-24(14-12-23)29(26,27)19-9-3-16(21)4-10-19/h3-10H,2,11-15H2,1H3,(H,22,25)/p+1. The van der Waals surface area contributed by atoms with Gasteiger partial charge in [0.1, 0.15) is 11.6 Å². The highest BCUT2D eigenvalue weighted by Crippen LogP contribution is 2.16. The number of sulfonamides is 1. The summed E-state index contributed by atoms with van der Waals surface area (Å²) in [7, 11) is -3.65. The highest BCUT2D eigenvalue weighted by atomic mass is 32.2. The van der Waals surface area contributed by atoms with Gasteiger partial charge in [-0.1, -0.05) is 0 Å². The zero-order chi connectivity index (χ0) is 20.9. The Kier molecular flexibility index (Phi) is 6.83. The monoisotopic (exact) mass is 422 g/mol. The third kappa shape index (κ3) is 5.53. The van der Waals surface area contributed by atoms with Crippen molar-refractivity contribution in [2.75, 3.05) is 44.6 Å². The van der Waals surface area contributed by atoms with Gasteiger partial charge < -0.3 is 15.0 Å². The Morgan fingerprint density at radius 2 is 1.72 bits per heavy atom. The lowest BCUT2D eigenvalue weighted by molar-refractivity contribution is -0.895. The molecule has 0 saturated carbocycles. The second-order valence-electron chi connectivity index (χ2n) is 6.79. The zero-order valence-corrected chi connectivity index (χ0v) is 17.0. The van der Waals surface area contributed by atoms with Crippen molar-refractivity contribution < 1.29 is 27.2 Å². The third-order valence-electron chi connectivity index (χ3n) is 4.74. The Labute approximate surface area is 170 Å². The molecule has 1 saturated heterocycles. The number of piperazine rings is 1. The lowest BCUT2D eigenvalue weighted by atomic mass is 10.3. The first kappa shape index (κ1) is 21.2. The molecule has 0 aromatic heterocycles. The predicted octanol–water partition coefficient (Wildman–Crippen LogP) is 0.752. The number of hydrogen-bond acceptors (Lipinski definition) is 4. The number of hydrogen-bond donors (Lipinski definition) is 2. The third-order valence-corrected chi connectivity index (χ3v) is 6.65. The van der Waals surface area contributed by atoms with Crippen LogP contribution in [-0.4, -0.2) is 58.0 Å². The van der Waals surface area contributed by atoms with Crippen LogP contribution in [0.5, 0.6) is 5.75 Å². The number of carbonyl (C=O) groups excluding carboxylic acids is 1. The fourth-order valence-corrected chi connectivity index (χ4v) is 4.65. The Balaban J connectivity index is 1.50. The minimum atomic E-state index is -3.65. The van der Waals surface area contributed by atoms with Crippen LogP contribution in [0, 0.1) is 5.82 Å². The Morgan fingerprint density at radius 1 is 1.10 bits per heavy atom. The van der Waals surface area contributed by atoms with Crippen molar-refractivity contribution in [3.05, 3.63) is 54.3 Å². The summed E-state index contributed by atoms with van der Waals surface area (Å²) in [6.07, 6.45) is 0. The predicted molar refractivity (Wildman–Crippen MR) is 107 cm³/mol. The number of carbonyl (C=O) groups is 1. The first-order chi connectivity index (χ1) is 13.9. The molecule has 3 rings (SSSR count). The Hall–Kier alpha value is -2.49. The summed E-state index contributed by atoms with van der Waals surface area (Å²) < 4.78 is 45.1. The zero-order valence-electron chi connectivity index (χ0n) is 16.2. The van der Waals surface area contributed by atoms with Crippen molar-refractivity contribution in [3.8, 4) is 5.75 Å². The second-order valence-corrected chi connectivity index (χ2v) is 8.73. The SMILES string of the molecule is CCOc1ccc(NC(=O)C[NH+]2CCN(S(=O)(=O)c3ccc(F)cc3)CC2)cc1. The molecule has 156 valence electrons. The van der Waals surface area contributed by atoms with Crippen LogP contribution >= 0.6 is 0 Å². The average molecular weight is 423 g/mol. The fourth-order valence-electron chi connectivity index (χ4n) is 3.21. The van der Waals surface area contributed by atoms with Crippen molar-refractivity contribution in [2.45, 2.75) is 11.8 Å². The number of nitrogens with one attached hydrogen (secondary N) is 2. The van der Waals surface area contributed by atoms with Crippen molar-refractivity contribution in [3.63, 3.8) is 0 Å². The van der Waals surface area contributed by atoms with Crippen LogP contribution in [0.25, 0.3) is 0 Å². The molecular weight excluding hydrogens is 397 g/mol. The van der Waals surface area contributed by atoms with Gasteiger partial charge in [0.2, 0.25) is 10.0 Å². The molecule has 7 nitrogen and oxygen atoms in total. The second kappa shape index (κ2) is 9.34. The van der Waals surface area contributed by atoms with Gasteiger partial charge in [0.15, 0.2) is 6.54 Å².